The quantitative estimate of drug-likeness (QED) is 0.632. The summed E-state index contributed by atoms with van der Waals surface area (Å²) in [6.45, 7) is 2.58. The van der Waals surface area contributed by atoms with Gasteiger partial charge < -0.3 is 4.57 Å². The molecule has 6 nitrogen and oxygen atoms in total. The number of carbonyl (C=O) groups is 1. The van der Waals surface area contributed by atoms with Gasteiger partial charge in [0.25, 0.3) is 0 Å². The Hall–Kier alpha value is -1.93. The van der Waals surface area contributed by atoms with Crippen LogP contribution < -0.4 is 4.90 Å². The maximum Gasteiger partial charge on any atom is 0.239 e. The van der Waals surface area contributed by atoms with E-state index in [4.69, 9.17) is 0 Å². The lowest BCUT2D eigenvalue weighted by Crippen LogP contribution is -2.32. The molecule has 124 valence electrons. The fourth-order valence-electron chi connectivity index (χ4n) is 2.54. The van der Waals surface area contributed by atoms with Crippen molar-refractivity contribution in [3.8, 4) is 0 Å². The third-order valence-corrected chi connectivity index (χ3v) is 5.94. The highest BCUT2D eigenvalue weighted by atomic mass is 32.2. The molecule has 4 rings (SSSR count). The molecule has 24 heavy (non-hydrogen) atoms. The summed E-state index contributed by atoms with van der Waals surface area (Å²) in [5.41, 5.74) is 0.935. The van der Waals surface area contributed by atoms with Crippen LogP contribution in [0.3, 0.4) is 0 Å². The summed E-state index contributed by atoms with van der Waals surface area (Å²) in [6.07, 6.45) is 4.11. The third-order valence-electron chi connectivity index (χ3n) is 3.94. The van der Waals surface area contributed by atoms with E-state index in [1.54, 1.807) is 22.6 Å². The summed E-state index contributed by atoms with van der Waals surface area (Å²) in [5, 5.41) is 9.69. The number of anilines is 1. The lowest BCUT2D eigenvalue weighted by Gasteiger charge is -2.17. The van der Waals surface area contributed by atoms with Gasteiger partial charge in [-0.3, -0.25) is 9.69 Å². The third kappa shape index (κ3) is 3.03. The first-order chi connectivity index (χ1) is 11.8. The Morgan fingerprint density at radius 1 is 1.42 bits per heavy atom. The zero-order valence-corrected chi connectivity index (χ0v) is 14.9. The van der Waals surface area contributed by atoms with Crippen molar-refractivity contribution in [1.29, 1.82) is 0 Å². The molecule has 1 aliphatic rings. The van der Waals surface area contributed by atoms with Crippen LogP contribution in [0.2, 0.25) is 0 Å². The number of thioether (sulfide) groups is 1. The molecule has 0 saturated heterocycles. The Labute approximate surface area is 147 Å². The van der Waals surface area contributed by atoms with Crippen molar-refractivity contribution in [2.75, 3.05) is 17.2 Å². The van der Waals surface area contributed by atoms with E-state index in [9.17, 15) is 4.79 Å². The van der Waals surface area contributed by atoms with Crippen LogP contribution >= 0.6 is 23.1 Å². The van der Waals surface area contributed by atoms with Crippen LogP contribution in [0.15, 0.2) is 35.7 Å². The van der Waals surface area contributed by atoms with Gasteiger partial charge in [-0.15, -0.1) is 10.2 Å². The van der Waals surface area contributed by atoms with Crippen LogP contribution in [0, 0.1) is 0 Å². The fourth-order valence-corrected chi connectivity index (χ4v) is 4.44. The first kappa shape index (κ1) is 15.6. The minimum Gasteiger partial charge on any atom is -0.306 e. The summed E-state index contributed by atoms with van der Waals surface area (Å²) in [7, 11) is 0. The molecule has 8 heteroatoms. The second-order valence-electron chi connectivity index (χ2n) is 5.64. The lowest BCUT2D eigenvalue weighted by atomic mass is 10.3. The van der Waals surface area contributed by atoms with Crippen molar-refractivity contribution in [1.82, 2.24) is 19.7 Å². The number of fused-ring (bicyclic) bond motifs is 1. The number of rotatable bonds is 6. The van der Waals surface area contributed by atoms with E-state index < -0.39 is 0 Å². The molecule has 1 amide bonds. The zero-order chi connectivity index (χ0) is 16.5. The number of hydrogen-bond acceptors (Lipinski definition) is 6. The number of thiazole rings is 1. The van der Waals surface area contributed by atoms with Crippen molar-refractivity contribution in [3.63, 3.8) is 0 Å². The van der Waals surface area contributed by atoms with Gasteiger partial charge >= 0.3 is 0 Å². The topological polar surface area (TPSA) is 63.9 Å². The average molecular weight is 359 g/mol. The summed E-state index contributed by atoms with van der Waals surface area (Å²) in [6, 6.07) is 8.47. The molecule has 0 bridgehead atoms. The van der Waals surface area contributed by atoms with Gasteiger partial charge in [-0.2, -0.15) is 0 Å². The number of nitrogens with zero attached hydrogens (tertiary/aromatic N) is 5. The Bertz CT molecular complexity index is 837. The summed E-state index contributed by atoms with van der Waals surface area (Å²) in [4.78, 5) is 19.0. The van der Waals surface area contributed by atoms with Gasteiger partial charge in [0.05, 0.1) is 16.0 Å². The van der Waals surface area contributed by atoms with Gasteiger partial charge in [0.1, 0.15) is 6.33 Å². The molecule has 0 aliphatic heterocycles. The largest absolute Gasteiger partial charge is 0.306 e. The second-order valence-corrected chi connectivity index (χ2v) is 7.59. The van der Waals surface area contributed by atoms with Crippen molar-refractivity contribution in [3.05, 3.63) is 30.6 Å². The molecule has 0 unspecified atom stereocenters. The Morgan fingerprint density at radius 2 is 2.25 bits per heavy atom. The second kappa shape index (κ2) is 6.52. The van der Waals surface area contributed by atoms with Crippen LogP contribution in [-0.4, -0.2) is 38.0 Å². The summed E-state index contributed by atoms with van der Waals surface area (Å²) in [5.74, 6) is 0.390. The highest BCUT2D eigenvalue weighted by Crippen LogP contribution is 2.37. The predicted molar refractivity (Wildman–Crippen MR) is 96.7 cm³/mol. The van der Waals surface area contributed by atoms with E-state index in [1.807, 2.05) is 31.2 Å². The van der Waals surface area contributed by atoms with Crippen LogP contribution in [0.5, 0.6) is 0 Å². The molecular formula is C16H17N5OS2. The van der Waals surface area contributed by atoms with E-state index in [2.05, 4.69) is 19.7 Å². The standard InChI is InChI=1S/C16H17N5OS2/c1-2-20(15-18-12-5-3-4-6-13(12)24-15)14(22)9-23-16-19-17-10-21(16)11-7-8-11/h3-6,10-11H,2,7-9H2,1H3. The van der Waals surface area contributed by atoms with Crippen molar-refractivity contribution < 1.29 is 4.79 Å². The smallest absolute Gasteiger partial charge is 0.239 e. The number of carbonyl (C=O) groups excluding carboxylic acids is 1. The van der Waals surface area contributed by atoms with E-state index >= 15 is 0 Å². The van der Waals surface area contributed by atoms with E-state index in [0.29, 0.717) is 18.3 Å². The summed E-state index contributed by atoms with van der Waals surface area (Å²) >= 11 is 3.00. The normalized spacial score (nSPS) is 14.2. The van der Waals surface area contributed by atoms with E-state index in [1.165, 1.54) is 24.6 Å². The van der Waals surface area contributed by atoms with E-state index in [-0.39, 0.29) is 5.91 Å². The monoisotopic (exact) mass is 359 g/mol. The number of aromatic nitrogens is 4. The molecule has 3 aromatic rings. The van der Waals surface area contributed by atoms with Crippen molar-refractivity contribution in [2.24, 2.45) is 0 Å². The number of hydrogen-bond donors (Lipinski definition) is 0. The van der Waals surface area contributed by atoms with E-state index in [0.717, 1.165) is 20.5 Å². The number of para-hydroxylation sites is 1. The Morgan fingerprint density at radius 3 is 3.00 bits per heavy atom. The van der Waals surface area contributed by atoms with Gasteiger partial charge in [-0.1, -0.05) is 35.2 Å². The molecular weight excluding hydrogens is 342 g/mol. The molecule has 1 fully saturated rings. The maximum absolute atomic E-state index is 12.7. The number of amides is 1. The van der Waals surface area contributed by atoms with Gasteiger partial charge in [-0.25, -0.2) is 4.98 Å². The van der Waals surface area contributed by atoms with Crippen LogP contribution in [0.1, 0.15) is 25.8 Å². The lowest BCUT2D eigenvalue weighted by molar-refractivity contribution is -0.116. The molecule has 0 spiro atoms. The van der Waals surface area contributed by atoms with Crippen LogP contribution in [0.4, 0.5) is 5.13 Å². The SMILES string of the molecule is CCN(C(=O)CSc1nncn1C1CC1)c1nc2ccccc2s1. The zero-order valence-electron chi connectivity index (χ0n) is 13.3. The molecule has 1 aliphatic carbocycles. The fraction of sp³-hybridized carbons (Fsp3) is 0.375. The molecule has 1 saturated carbocycles. The first-order valence-electron chi connectivity index (χ1n) is 7.94. The predicted octanol–water partition coefficient (Wildman–Crippen LogP) is 3.37. The van der Waals surface area contributed by atoms with Gasteiger partial charge in [0, 0.05) is 12.6 Å². The van der Waals surface area contributed by atoms with Crippen LogP contribution in [0.25, 0.3) is 10.2 Å². The molecule has 2 aromatic heterocycles. The van der Waals surface area contributed by atoms with Gasteiger partial charge in [-0.05, 0) is 31.9 Å². The average Bonchev–Trinajstić information content (AvgIpc) is 3.18. The number of benzene rings is 1. The molecule has 0 atom stereocenters. The summed E-state index contributed by atoms with van der Waals surface area (Å²) < 4.78 is 3.17. The molecule has 1 aromatic carbocycles. The Kier molecular flexibility index (Phi) is 4.24. The molecule has 2 heterocycles. The Balaban J connectivity index is 1.48. The van der Waals surface area contributed by atoms with Crippen molar-refractivity contribution >= 4 is 44.4 Å². The highest BCUT2D eigenvalue weighted by molar-refractivity contribution is 7.99. The minimum absolute atomic E-state index is 0.0481. The first-order valence-corrected chi connectivity index (χ1v) is 9.74. The van der Waals surface area contributed by atoms with Crippen molar-refractivity contribution in [2.45, 2.75) is 31.0 Å². The minimum atomic E-state index is 0.0481. The maximum atomic E-state index is 12.7. The van der Waals surface area contributed by atoms with Gasteiger partial charge in [0.15, 0.2) is 10.3 Å². The van der Waals surface area contributed by atoms with Gasteiger partial charge in [0.2, 0.25) is 5.91 Å². The molecule has 0 radical (unpaired) electrons. The molecule has 0 N–H and O–H groups in total. The van der Waals surface area contributed by atoms with Crippen LogP contribution in [-0.2, 0) is 4.79 Å². The highest BCUT2D eigenvalue weighted by Gasteiger charge is 2.27.